The maximum absolute atomic E-state index is 13.2. The highest BCUT2D eigenvalue weighted by Gasteiger charge is 2.26. The molecule has 3 rings (SSSR count). The maximum Gasteiger partial charge on any atom is 0.359 e. The molecule has 0 unspecified atom stereocenters. The summed E-state index contributed by atoms with van der Waals surface area (Å²) in [6, 6.07) is 16.5. The maximum atomic E-state index is 13.2. The molecule has 30 heavy (non-hydrogen) atoms. The minimum absolute atomic E-state index is 0.0563. The van der Waals surface area contributed by atoms with Crippen LogP contribution in [0.5, 0.6) is 0 Å². The zero-order valence-electron chi connectivity index (χ0n) is 16.3. The van der Waals surface area contributed by atoms with Gasteiger partial charge in [0.2, 0.25) is 0 Å². The van der Waals surface area contributed by atoms with Crippen molar-refractivity contribution < 1.29 is 19.1 Å². The highest BCUT2D eigenvalue weighted by atomic mass is 16.5. The minimum atomic E-state index is -0.794. The number of carbonyl (C=O) groups is 2. The molecular formula is C22H17N3O5. The predicted molar refractivity (Wildman–Crippen MR) is 107 cm³/mol. The lowest BCUT2D eigenvalue weighted by molar-refractivity contribution is 0.0517. The predicted octanol–water partition coefficient (Wildman–Crippen LogP) is 2.73. The smallest absolute Gasteiger partial charge is 0.359 e. The van der Waals surface area contributed by atoms with Gasteiger partial charge in [0.05, 0.1) is 25.0 Å². The molecule has 0 aliphatic heterocycles. The summed E-state index contributed by atoms with van der Waals surface area (Å²) in [5.74, 6) is -1.49. The third kappa shape index (κ3) is 3.69. The van der Waals surface area contributed by atoms with Crippen molar-refractivity contribution in [2.45, 2.75) is 6.92 Å². The number of methoxy groups -OCH3 is 1. The number of hydrogen-bond donors (Lipinski definition) is 0. The summed E-state index contributed by atoms with van der Waals surface area (Å²) in [6.45, 7) is 1.71. The van der Waals surface area contributed by atoms with Gasteiger partial charge >= 0.3 is 11.9 Å². The molecule has 0 bridgehead atoms. The summed E-state index contributed by atoms with van der Waals surface area (Å²) in [4.78, 5) is 38.0. The number of carbonyl (C=O) groups excluding carboxylic acids is 2. The molecule has 0 aliphatic carbocycles. The average molecular weight is 403 g/mol. The molecule has 0 saturated heterocycles. The molecule has 2 aromatic carbocycles. The standard InChI is InChI=1S/C22H17N3O5/c1-3-30-22(28)19-18(14-9-5-4-6-10-14)16(13-23)20(26)25(24-19)17-12-8-7-11-15(17)21(27)29-2/h4-12H,3H2,1-2H3. The molecule has 1 heterocycles. The van der Waals surface area contributed by atoms with Crippen LogP contribution >= 0.6 is 0 Å². The molecule has 0 saturated carbocycles. The minimum Gasteiger partial charge on any atom is -0.465 e. The van der Waals surface area contributed by atoms with E-state index in [0.29, 0.717) is 5.56 Å². The Labute approximate surface area is 171 Å². The quantitative estimate of drug-likeness (QED) is 0.602. The normalized spacial score (nSPS) is 10.2. The largest absolute Gasteiger partial charge is 0.465 e. The highest BCUT2D eigenvalue weighted by molar-refractivity contribution is 5.97. The number of nitrogens with zero attached hydrogens (tertiary/aromatic N) is 3. The van der Waals surface area contributed by atoms with Gasteiger partial charge < -0.3 is 9.47 Å². The molecular weight excluding hydrogens is 386 g/mol. The second-order valence-corrected chi connectivity index (χ2v) is 6.02. The van der Waals surface area contributed by atoms with Crippen LogP contribution in [0.3, 0.4) is 0 Å². The zero-order valence-corrected chi connectivity index (χ0v) is 16.3. The van der Waals surface area contributed by atoms with Gasteiger partial charge in [-0.15, -0.1) is 0 Å². The molecule has 0 aliphatic rings. The first-order valence-electron chi connectivity index (χ1n) is 9.01. The van der Waals surface area contributed by atoms with Crippen molar-refractivity contribution in [3.8, 4) is 22.9 Å². The van der Waals surface area contributed by atoms with Gasteiger partial charge in [-0.3, -0.25) is 4.79 Å². The van der Waals surface area contributed by atoms with E-state index in [4.69, 9.17) is 9.47 Å². The second kappa shape index (κ2) is 8.84. The fourth-order valence-electron chi connectivity index (χ4n) is 2.96. The van der Waals surface area contributed by atoms with E-state index in [-0.39, 0.29) is 34.7 Å². The van der Waals surface area contributed by atoms with E-state index in [0.717, 1.165) is 4.68 Å². The van der Waals surface area contributed by atoms with Crippen molar-refractivity contribution >= 4 is 11.9 Å². The fourth-order valence-corrected chi connectivity index (χ4v) is 2.96. The summed E-state index contributed by atoms with van der Waals surface area (Å²) in [6.07, 6.45) is 0. The average Bonchev–Trinajstić information content (AvgIpc) is 2.78. The monoisotopic (exact) mass is 403 g/mol. The third-order valence-electron chi connectivity index (χ3n) is 4.27. The molecule has 8 heteroatoms. The van der Waals surface area contributed by atoms with Crippen molar-refractivity contribution in [1.29, 1.82) is 5.26 Å². The molecule has 1 aromatic heterocycles. The van der Waals surface area contributed by atoms with Gasteiger partial charge in [-0.1, -0.05) is 42.5 Å². The fraction of sp³-hybridized carbons (Fsp3) is 0.136. The van der Waals surface area contributed by atoms with E-state index in [1.54, 1.807) is 49.4 Å². The molecule has 0 N–H and O–H groups in total. The zero-order chi connectivity index (χ0) is 21.7. The van der Waals surface area contributed by atoms with Crippen LogP contribution in [0.4, 0.5) is 0 Å². The number of hydrogen-bond acceptors (Lipinski definition) is 7. The SMILES string of the molecule is CCOC(=O)c1nn(-c2ccccc2C(=O)OC)c(=O)c(C#N)c1-c1ccccc1. The number of ether oxygens (including phenoxy) is 2. The number of nitriles is 1. The number of esters is 2. The molecule has 0 radical (unpaired) electrons. The van der Waals surface area contributed by atoms with E-state index in [1.165, 1.54) is 19.2 Å². The van der Waals surface area contributed by atoms with Crippen LogP contribution in [-0.2, 0) is 9.47 Å². The number of benzene rings is 2. The Hall–Kier alpha value is -4.25. The molecule has 8 nitrogen and oxygen atoms in total. The van der Waals surface area contributed by atoms with Gasteiger partial charge in [0.15, 0.2) is 5.69 Å². The van der Waals surface area contributed by atoms with Gasteiger partial charge in [0, 0.05) is 5.56 Å². The molecule has 0 spiro atoms. The molecule has 0 atom stereocenters. The third-order valence-corrected chi connectivity index (χ3v) is 4.27. The van der Waals surface area contributed by atoms with Crippen LogP contribution in [0.1, 0.15) is 33.3 Å². The molecule has 0 fully saturated rings. The van der Waals surface area contributed by atoms with Crippen LogP contribution in [-0.4, -0.2) is 35.4 Å². The van der Waals surface area contributed by atoms with Gasteiger partial charge in [-0.25, -0.2) is 9.59 Å². The first-order chi connectivity index (χ1) is 14.5. The number of rotatable bonds is 5. The lowest BCUT2D eigenvalue weighted by atomic mass is 9.99. The second-order valence-electron chi connectivity index (χ2n) is 6.02. The summed E-state index contributed by atoms with van der Waals surface area (Å²) in [5.41, 5.74) is -0.598. The Morgan fingerprint density at radius 2 is 1.73 bits per heavy atom. The topological polar surface area (TPSA) is 111 Å². The van der Waals surface area contributed by atoms with Crippen LogP contribution in [0.15, 0.2) is 59.4 Å². The van der Waals surface area contributed by atoms with Crippen LogP contribution in [0.25, 0.3) is 16.8 Å². The van der Waals surface area contributed by atoms with Crippen LogP contribution in [0, 0.1) is 11.3 Å². The summed E-state index contributed by atoms with van der Waals surface area (Å²) in [7, 11) is 1.21. The Bertz CT molecular complexity index is 1210. The number of para-hydroxylation sites is 1. The molecule has 3 aromatic rings. The summed E-state index contributed by atoms with van der Waals surface area (Å²) >= 11 is 0. The Balaban J connectivity index is 2.41. The lowest BCUT2D eigenvalue weighted by Gasteiger charge is -2.15. The first kappa shape index (κ1) is 20.5. The Morgan fingerprint density at radius 3 is 2.37 bits per heavy atom. The molecule has 150 valence electrons. The van der Waals surface area contributed by atoms with E-state index in [2.05, 4.69) is 5.10 Å². The molecule has 0 amide bonds. The van der Waals surface area contributed by atoms with E-state index >= 15 is 0 Å². The van der Waals surface area contributed by atoms with Gasteiger partial charge in [0.25, 0.3) is 5.56 Å². The highest BCUT2D eigenvalue weighted by Crippen LogP contribution is 2.26. The Morgan fingerprint density at radius 1 is 1.07 bits per heavy atom. The van der Waals surface area contributed by atoms with Crippen molar-refractivity contribution in [3.05, 3.63) is 81.8 Å². The first-order valence-corrected chi connectivity index (χ1v) is 9.01. The van der Waals surface area contributed by atoms with Crippen LogP contribution < -0.4 is 5.56 Å². The van der Waals surface area contributed by atoms with E-state index in [9.17, 15) is 19.6 Å². The van der Waals surface area contributed by atoms with Crippen molar-refractivity contribution in [2.24, 2.45) is 0 Å². The van der Waals surface area contributed by atoms with Gasteiger partial charge in [-0.05, 0) is 24.6 Å². The number of aromatic nitrogens is 2. The van der Waals surface area contributed by atoms with Crippen molar-refractivity contribution in [1.82, 2.24) is 9.78 Å². The summed E-state index contributed by atoms with van der Waals surface area (Å²) < 4.78 is 10.7. The van der Waals surface area contributed by atoms with Gasteiger partial charge in [0.1, 0.15) is 11.6 Å². The van der Waals surface area contributed by atoms with Crippen molar-refractivity contribution in [3.63, 3.8) is 0 Å². The van der Waals surface area contributed by atoms with Gasteiger partial charge in [-0.2, -0.15) is 15.0 Å². The van der Waals surface area contributed by atoms with Crippen molar-refractivity contribution in [2.75, 3.05) is 13.7 Å². The van der Waals surface area contributed by atoms with E-state index < -0.39 is 17.5 Å². The summed E-state index contributed by atoms with van der Waals surface area (Å²) in [5, 5.41) is 14.0. The Kier molecular flexibility index (Phi) is 6.03. The van der Waals surface area contributed by atoms with E-state index in [1.807, 2.05) is 6.07 Å². The van der Waals surface area contributed by atoms with Crippen LogP contribution in [0.2, 0.25) is 0 Å². The lowest BCUT2D eigenvalue weighted by Crippen LogP contribution is -2.29.